The van der Waals surface area contributed by atoms with Crippen molar-refractivity contribution >= 4 is 29.7 Å². The molecule has 0 aromatic carbocycles. The monoisotopic (exact) mass is 326 g/mol. The number of nitrogens with zero attached hydrogens (tertiary/aromatic N) is 3. The summed E-state index contributed by atoms with van der Waals surface area (Å²) in [5, 5.41) is 4.26. The van der Waals surface area contributed by atoms with E-state index >= 15 is 0 Å². The molecule has 0 aliphatic carbocycles. The first kappa shape index (κ1) is 15.1. The fourth-order valence-electron chi connectivity index (χ4n) is 3.58. The molecular formula is C15H20Cl2N4. The molecule has 0 amide bonds. The molecule has 1 N–H and O–H groups in total. The minimum absolute atomic E-state index is 0. The van der Waals surface area contributed by atoms with Gasteiger partial charge in [0, 0.05) is 25.5 Å². The Kier molecular flexibility index (Phi) is 4.41. The van der Waals surface area contributed by atoms with Gasteiger partial charge in [0.25, 0.3) is 0 Å². The highest BCUT2D eigenvalue weighted by atomic mass is 35.5. The lowest BCUT2D eigenvalue weighted by Crippen LogP contribution is -2.39. The predicted molar refractivity (Wildman–Crippen MR) is 87.2 cm³/mol. The van der Waals surface area contributed by atoms with E-state index in [-0.39, 0.29) is 12.4 Å². The van der Waals surface area contributed by atoms with E-state index in [1.807, 2.05) is 22.7 Å². The molecule has 4 nitrogen and oxygen atoms in total. The molecule has 4 rings (SSSR count). The van der Waals surface area contributed by atoms with Crippen molar-refractivity contribution in [3.63, 3.8) is 0 Å². The Labute approximate surface area is 135 Å². The third kappa shape index (κ3) is 3.04. The SMILES string of the molecule is Cl.Clc1ccc2nc(CN3CCC4CNCC4C3)cn2c1. The summed E-state index contributed by atoms with van der Waals surface area (Å²) < 4.78 is 2.02. The first-order chi connectivity index (χ1) is 9.78. The first-order valence-electron chi connectivity index (χ1n) is 7.34. The second-order valence-corrected chi connectivity index (χ2v) is 6.48. The third-order valence-electron chi connectivity index (χ3n) is 4.64. The fourth-order valence-corrected chi connectivity index (χ4v) is 3.74. The number of hydrogen-bond donors (Lipinski definition) is 1. The molecule has 2 aromatic rings. The van der Waals surface area contributed by atoms with Crippen LogP contribution >= 0.6 is 24.0 Å². The van der Waals surface area contributed by atoms with Gasteiger partial charge in [0.05, 0.1) is 10.7 Å². The molecule has 2 atom stereocenters. The van der Waals surface area contributed by atoms with Crippen molar-refractivity contribution in [2.24, 2.45) is 11.8 Å². The molecule has 0 bridgehead atoms. The fraction of sp³-hybridized carbons (Fsp3) is 0.533. The minimum Gasteiger partial charge on any atom is -0.316 e. The number of hydrogen-bond acceptors (Lipinski definition) is 3. The van der Waals surface area contributed by atoms with Crippen molar-refractivity contribution in [1.82, 2.24) is 19.6 Å². The zero-order valence-electron chi connectivity index (χ0n) is 11.8. The number of rotatable bonds is 2. The predicted octanol–water partition coefficient (Wildman–Crippen LogP) is 2.45. The van der Waals surface area contributed by atoms with Crippen LogP contribution in [0.25, 0.3) is 5.65 Å². The van der Waals surface area contributed by atoms with Gasteiger partial charge >= 0.3 is 0 Å². The van der Waals surface area contributed by atoms with Gasteiger partial charge in [-0.1, -0.05) is 11.6 Å². The second kappa shape index (κ2) is 6.13. The minimum atomic E-state index is 0. The molecule has 21 heavy (non-hydrogen) atoms. The molecular weight excluding hydrogens is 307 g/mol. The van der Waals surface area contributed by atoms with Gasteiger partial charge in [-0.25, -0.2) is 4.98 Å². The number of nitrogens with one attached hydrogen (secondary N) is 1. The van der Waals surface area contributed by atoms with Crippen LogP contribution in [0.5, 0.6) is 0 Å². The molecule has 0 radical (unpaired) electrons. The summed E-state index contributed by atoms with van der Waals surface area (Å²) in [6, 6.07) is 3.86. The number of imidazole rings is 1. The summed E-state index contributed by atoms with van der Waals surface area (Å²) in [4.78, 5) is 7.22. The molecule has 2 saturated heterocycles. The molecule has 114 valence electrons. The van der Waals surface area contributed by atoms with Crippen LogP contribution in [0.4, 0.5) is 0 Å². The third-order valence-corrected chi connectivity index (χ3v) is 4.86. The van der Waals surface area contributed by atoms with E-state index < -0.39 is 0 Å². The number of pyridine rings is 1. The summed E-state index contributed by atoms with van der Waals surface area (Å²) in [5.74, 6) is 1.72. The Hall–Kier alpha value is -0.810. The maximum absolute atomic E-state index is 6.01. The molecule has 2 fully saturated rings. The number of fused-ring (bicyclic) bond motifs is 2. The van der Waals surface area contributed by atoms with E-state index in [0.29, 0.717) is 0 Å². The molecule has 2 aromatic heterocycles. The Morgan fingerprint density at radius 2 is 2.10 bits per heavy atom. The lowest BCUT2D eigenvalue weighted by Gasteiger charge is -2.33. The summed E-state index contributed by atoms with van der Waals surface area (Å²) in [7, 11) is 0. The Morgan fingerprint density at radius 3 is 3.00 bits per heavy atom. The van der Waals surface area contributed by atoms with Gasteiger partial charge in [0.15, 0.2) is 0 Å². The van der Waals surface area contributed by atoms with Crippen LogP contribution in [0.2, 0.25) is 5.02 Å². The van der Waals surface area contributed by atoms with Crippen molar-refractivity contribution < 1.29 is 0 Å². The topological polar surface area (TPSA) is 32.6 Å². The van der Waals surface area contributed by atoms with Gasteiger partial charge in [-0.2, -0.15) is 0 Å². The van der Waals surface area contributed by atoms with Crippen LogP contribution in [0, 0.1) is 11.8 Å². The van der Waals surface area contributed by atoms with Crippen LogP contribution in [0.1, 0.15) is 12.1 Å². The quantitative estimate of drug-likeness (QED) is 0.920. The molecule has 6 heteroatoms. The van der Waals surface area contributed by atoms with Crippen molar-refractivity contribution in [3.8, 4) is 0 Å². The maximum atomic E-state index is 6.01. The Balaban J connectivity index is 0.00000132. The Morgan fingerprint density at radius 1 is 1.24 bits per heavy atom. The molecule has 4 heterocycles. The van der Waals surface area contributed by atoms with Gasteiger partial charge in [-0.15, -0.1) is 12.4 Å². The zero-order chi connectivity index (χ0) is 13.5. The molecule has 0 spiro atoms. The maximum Gasteiger partial charge on any atom is 0.137 e. The van der Waals surface area contributed by atoms with E-state index in [1.165, 1.54) is 32.6 Å². The van der Waals surface area contributed by atoms with Gasteiger partial charge in [-0.3, -0.25) is 4.90 Å². The van der Waals surface area contributed by atoms with Gasteiger partial charge in [0.2, 0.25) is 0 Å². The number of likely N-dealkylation sites (tertiary alicyclic amines) is 1. The van der Waals surface area contributed by atoms with Crippen molar-refractivity contribution in [2.45, 2.75) is 13.0 Å². The summed E-state index contributed by atoms with van der Waals surface area (Å²) >= 11 is 6.01. The lowest BCUT2D eigenvalue weighted by molar-refractivity contribution is 0.141. The van der Waals surface area contributed by atoms with E-state index in [0.717, 1.165) is 34.7 Å². The summed E-state index contributed by atoms with van der Waals surface area (Å²) in [5.41, 5.74) is 2.11. The summed E-state index contributed by atoms with van der Waals surface area (Å²) in [6.45, 7) is 5.74. The smallest absolute Gasteiger partial charge is 0.137 e. The summed E-state index contributed by atoms with van der Waals surface area (Å²) in [6.07, 6.45) is 5.33. The molecule has 0 saturated carbocycles. The van der Waals surface area contributed by atoms with E-state index in [9.17, 15) is 0 Å². The first-order valence-corrected chi connectivity index (χ1v) is 7.72. The van der Waals surface area contributed by atoms with Gasteiger partial charge in [-0.05, 0) is 50.0 Å². The van der Waals surface area contributed by atoms with E-state index in [1.54, 1.807) is 0 Å². The number of halogens is 2. The van der Waals surface area contributed by atoms with Crippen LogP contribution in [0.15, 0.2) is 24.5 Å². The van der Waals surface area contributed by atoms with Crippen LogP contribution in [-0.4, -0.2) is 40.5 Å². The van der Waals surface area contributed by atoms with Crippen LogP contribution in [0.3, 0.4) is 0 Å². The van der Waals surface area contributed by atoms with Crippen LogP contribution in [-0.2, 0) is 6.54 Å². The highest BCUT2D eigenvalue weighted by Crippen LogP contribution is 2.27. The molecule has 2 unspecified atom stereocenters. The zero-order valence-corrected chi connectivity index (χ0v) is 13.4. The van der Waals surface area contributed by atoms with E-state index in [4.69, 9.17) is 11.6 Å². The number of piperidine rings is 1. The van der Waals surface area contributed by atoms with Gasteiger partial charge in [0.1, 0.15) is 5.65 Å². The van der Waals surface area contributed by atoms with Crippen molar-refractivity contribution in [1.29, 1.82) is 0 Å². The second-order valence-electron chi connectivity index (χ2n) is 6.05. The molecule has 2 aliphatic heterocycles. The average Bonchev–Trinajstić information content (AvgIpc) is 3.03. The average molecular weight is 327 g/mol. The van der Waals surface area contributed by atoms with Crippen LogP contribution < -0.4 is 5.32 Å². The largest absolute Gasteiger partial charge is 0.316 e. The van der Waals surface area contributed by atoms with Crippen molar-refractivity contribution in [3.05, 3.63) is 35.2 Å². The van der Waals surface area contributed by atoms with Crippen molar-refractivity contribution in [2.75, 3.05) is 26.2 Å². The highest BCUT2D eigenvalue weighted by molar-refractivity contribution is 6.30. The lowest BCUT2D eigenvalue weighted by atomic mass is 9.89. The standard InChI is InChI=1S/C15H19ClN4.ClH/c16-13-1-2-15-18-14(10-20(15)8-13)9-19-4-3-11-5-17-6-12(11)7-19;/h1-2,8,10-12,17H,3-7,9H2;1H. The molecule has 2 aliphatic rings. The normalized spacial score (nSPS) is 25.8. The highest BCUT2D eigenvalue weighted by Gasteiger charge is 2.32. The van der Waals surface area contributed by atoms with E-state index in [2.05, 4.69) is 21.4 Å². The van der Waals surface area contributed by atoms with Gasteiger partial charge < -0.3 is 9.72 Å². The Bertz CT molecular complexity index is 627. The number of aromatic nitrogens is 2.